The predicted molar refractivity (Wildman–Crippen MR) is 126 cm³/mol. The van der Waals surface area contributed by atoms with Gasteiger partial charge in [-0.3, -0.25) is 4.79 Å². The lowest BCUT2D eigenvalue weighted by Crippen LogP contribution is -2.48. The number of hydrogen-bond acceptors (Lipinski definition) is 5. The van der Waals surface area contributed by atoms with Crippen molar-refractivity contribution in [1.82, 2.24) is 4.31 Å². The van der Waals surface area contributed by atoms with Gasteiger partial charge in [-0.15, -0.1) is 0 Å². The Kier molecular flexibility index (Phi) is 6.51. The number of fused-ring (bicyclic) bond motifs is 1. The Morgan fingerprint density at radius 3 is 2.62 bits per heavy atom. The molecule has 2 aromatic carbocycles. The van der Waals surface area contributed by atoms with Crippen molar-refractivity contribution in [2.75, 3.05) is 32.2 Å². The number of amides is 1. The smallest absolute Gasteiger partial charge is 0.246 e. The van der Waals surface area contributed by atoms with Gasteiger partial charge in [0, 0.05) is 35.4 Å². The molecule has 1 amide bonds. The van der Waals surface area contributed by atoms with Gasteiger partial charge in [-0.1, -0.05) is 15.9 Å². The van der Waals surface area contributed by atoms with E-state index in [1.54, 1.807) is 12.1 Å². The first-order valence-electron chi connectivity index (χ1n) is 10.6. The summed E-state index contributed by atoms with van der Waals surface area (Å²) in [6.07, 6.45) is 2.07. The normalized spacial score (nSPS) is 21.3. The molecule has 2 aliphatic heterocycles. The van der Waals surface area contributed by atoms with E-state index >= 15 is 0 Å². The quantitative estimate of drug-likeness (QED) is 0.596. The molecule has 2 atom stereocenters. The summed E-state index contributed by atoms with van der Waals surface area (Å²) in [5, 5.41) is 0. The predicted octanol–water partition coefficient (Wildman–Crippen LogP) is 3.84. The molecule has 0 bridgehead atoms. The van der Waals surface area contributed by atoms with Crippen LogP contribution < -0.4 is 14.4 Å². The number of piperidine rings is 1. The number of nitrogens with zero attached hydrogens (tertiary/aromatic N) is 2. The van der Waals surface area contributed by atoms with Crippen LogP contribution in [-0.2, 0) is 21.2 Å². The van der Waals surface area contributed by atoms with Gasteiger partial charge in [-0.25, -0.2) is 8.42 Å². The summed E-state index contributed by atoms with van der Waals surface area (Å²) in [4.78, 5) is 15.4. The molecule has 0 saturated carbocycles. The van der Waals surface area contributed by atoms with Gasteiger partial charge in [0.2, 0.25) is 15.9 Å². The Bertz CT molecular complexity index is 1140. The van der Waals surface area contributed by atoms with Crippen LogP contribution in [0.2, 0.25) is 0 Å². The van der Waals surface area contributed by atoms with E-state index in [9.17, 15) is 13.2 Å². The Labute approximate surface area is 197 Å². The molecule has 0 aliphatic carbocycles. The summed E-state index contributed by atoms with van der Waals surface area (Å²) >= 11 is 3.50. The lowest BCUT2D eigenvalue weighted by atomic mass is 9.97. The van der Waals surface area contributed by atoms with Crippen LogP contribution >= 0.6 is 15.9 Å². The first-order chi connectivity index (χ1) is 15.3. The molecular formula is C23H27BrN2O5S. The van der Waals surface area contributed by atoms with E-state index in [1.807, 2.05) is 30.0 Å². The molecule has 0 N–H and O–H groups in total. The molecule has 2 aliphatic rings. The fraction of sp³-hybridized carbons (Fsp3) is 0.435. The summed E-state index contributed by atoms with van der Waals surface area (Å²) in [6.45, 7) is 2.55. The van der Waals surface area contributed by atoms with Crippen LogP contribution in [0.25, 0.3) is 0 Å². The highest BCUT2D eigenvalue weighted by Crippen LogP contribution is 2.37. The summed E-state index contributed by atoms with van der Waals surface area (Å²) < 4.78 is 39.9. The number of ether oxygens (including phenoxy) is 2. The maximum atomic E-state index is 13.5. The van der Waals surface area contributed by atoms with Crippen molar-refractivity contribution in [3.05, 3.63) is 46.4 Å². The van der Waals surface area contributed by atoms with E-state index in [-0.39, 0.29) is 29.1 Å². The Morgan fingerprint density at radius 2 is 1.91 bits per heavy atom. The highest BCUT2D eigenvalue weighted by Gasteiger charge is 2.40. The number of carbonyl (C=O) groups is 1. The Morgan fingerprint density at radius 1 is 1.12 bits per heavy atom. The molecule has 1 fully saturated rings. The topological polar surface area (TPSA) is 76.1 Å². The van der Waals surface area contributed by atoms with Crippen LogP contribution in [-0.4, -0.2) is 52.0 Å². The number of sulfonamides is 1. The zero-order chi connectivity index (χ0) is 23.0. The third kappa shape index (κ3) is 4.13. The highest BCUT2D eigenvalue weighted by atomic mass is 79.9. The molecule has 32 heavy (non-hydrogen) atoms. The van der Waals surface area contributed by atoms with Gasteiger partial charge in [0.15, 0.2) is 0 Å². The molecule has 1 saturated heterocycles. The van der Waals surface area contributed by atoms with Crippen LogP contribution in [0.1, 0.15) is 25.3 Å². The Balaban J connectivity index is 1.60. The summed E-state index contributed by atoms with van der Waals surface area (Å²) in [5.41, 5.74) is 2.04. The van der Waals surface area contributed by atoms with Gasteiger partial charge >= 0.3 is 0 Å². The zero-order valence-corrected chi connectivity index (χ0v) is 20.8. The lowest BCUT2D eigenvalue weighted by Gasteiger charge is -2.34. The minimum atomic E-state index is -3.86. The third-order valence-corrected chi connectivity index (χ3v) is 8.60. The van der Waals surface area contributed by atoms with Crippen LogP contribution in [0.5, 0.6) is 11.5 Å². The molecule has 2 aromatic rings. The van der Waals surface area contributed by atoms with Gasteiger partial charge in [-0.05, 0) is 62.1 Å². The van der Waals surface area contributed by atoms with Crippen LogP contribution in [0.15, 0.2) is 45.8 Å². The monoisotopic (exact) mass is 522 g/mol. The van der Waals surface area contributed by atoms with Gasteiger partial charge in [-0.2, -0.15) is 4.31 Å². The second-order valence-corrected chi connectivity index (χ2v) is 11.1. The standard InChI is InChI=1S/C23H27BrN2O5S/c1-15-11-17-12-18(24)6-8-20(17)26(15)23(27)16-5-4-10-25(14-16)32(28,29)22-13-19(30-2)7-9-21(22)31-3/h6-9,12-13,15-16H,4-5,10-11,14H2,1-3H3. The molecular weight excluding hydrogens is 496 g/mol. The molecule has 0 spiro atoms. The van der Waals surface area contributed by atoms with Crippen molar-refractivity contribution in [2.24, 2.45) is 5.92 Å². The molecule has 2 unspecified atom stereocenters. The maximum Gasteiger partial charge on any atom is 0.246 e. The van der Waals surface area contributed by atoms with Crippen molar-refractivity contribution >= 4 is 37.5 Å². The van der Waals surface area contributed by atoms with E-state index in [0.29, 0.717) is 25.1 Å². The van der Waals surface area contributed by atoms with Gasteiger partial charge < -0.3 is 14.4 Å². The molecule has 0 aromatic heterocycles. The average Bonchev–Trinajstić information content (AvgIpc) is 3.12. The molecule has 4 rings (SSSR count). The van der Waals surface area contributed by atoms with Crippen molar-refractivity contribution < 1.29 is 22.7 Å². The SMILES string of the molecule is COc1ccc(OC)c(S(=O)(=O)N2CCCC(C(=O)N3c4ccc(Br)cc4CC3C)C2)c1. The summed E-state index contributed by atoms with van der Waals surface area (Å²) in [7, 11) is -0.930. The maximum absolute atomic E-state index is 13.5. The molecule has 9 heteroatoms. The number of benzene rings is 2. The number of methoxy groups -OCH3 is 2. The van der Waals surface area contributed by atoms with E-state index in [1.165, 1.54) is 24.6 Å². The van der Waals surface area contributed by atoms with E-state index in [4.69, 9.17) is 9.47 Å². The summed E-state index contributed by atoms with van der Waals surface area (Å²) in [5.74, 6) is 0.276. The molecule has 7 nitrogen and oxygen atoms in total. The highest BCUT2D eigenvalue weighted by molar-refractivity contribution is 9.10. The second kappa shape index (κ2) is 9.03. The zero-order valence-electron chi connectivity index (χ0n) is 18.4. The minimum Gasteiger partial charge on any atom is -0.497 e. The number of halogens is 1. The van der Waals surface area contributed by atoms with E-state index in [0.717, 1.165) is 22.1 Å². The third-order valence-electron chi connectivity index (χ3n) is 6.22. The molecule has 172 valence electrons. The van der Waals surface area contributed by atoms with Crippen LogP contribution in [0, 0.1) is 5.92 Å². The van der Waals surface area contributed by atoms with Crippen molar-refractivity contribution in [3.8, 4) is 11.5 Å². The van der Waals surface area contributed by atoms with Crippen molar-refractivity contribution in [1.29, 1.82) is 0 Å². The van der Waals surface area contributed by atoms with Gasteiger partial charge in [0.05, 0.1) is 20.1 Å². The first kappa shape index (κ1) is 23.1. The largest absolute Gasteiger partial charge is 0.497 e. The lowest BCUT2D eigenvalue weighted by molar-refractivity contribution is -0.123. The summed E-state index contributed by atoms with van der Waals surface area (Å²) in [6, 6.07) is 10.7. The van der Waals surface area contributed by atoms with Crippen molar-refractivity contribution in [3.63, 3.8) is 0 Å². The fourth-order valence-corrected chi connectivity index (χ4v) is 6.72. The number of hydrogen-bond donors (Lipinski definition) is 0. The number of anilines is 1. The Hall–Kier alpha value is -2.10. The second-order valence-electron chi connectivity index (χ2n) is 8.25. The van der Waals surface area contributed by atoms with Gasteiger partial charge in [0.25, 0.3) is 0 Å². The number of carbonyl (C=O) groups excluding carboxylic acids is 1. The molecule has 0 radical (unpaired) electrons. The first-order valence-corrected chi connectivity index (χ1v) is 12.8. The average molecular weight is 523 g/mol. The van der Waals surface area contributed by atoms with Crippen LogP contribution in [0.3, 0.4) is 0 Å². The van der Waals surface area contributed by atoms with E-state index in [2.05, 4.69) is 15.9 Å². The fourth-order valence-electron chi connectivity index (χ4n) is 4.62. The van der Waals surface area contributed by atoms with E-state index < -0.39 is 15.9 Å². The van der Waals surface area contributed by atoms with Crippen LogP contribution in [0.4, 0.5) is 5.69 Å². The van der Waals surface area contributed by atoms with Crippen molar-refractivity contribution in [2.45, 2.75) is 37.1 Å². The molecule has 2 heterocycles. The number of rotatable bonds is 5. The van der Waals surface area contributed by atoms with Gasteiger partial charge in [0.1, 0.15) is 16.4 Å². The minimum absolute atomic E-state index is 0.0175.